The number of likely N-dealkylation sites (tertiary alicyclic amines) is 1. The zero-order valence-corrected chi connectivity index (χ0v) is 19.2. The molecule has 2 N–H and O–H groups in total. The van der Waals surface area contributed by atoms with Gasteiger partial charge in [0.05, 0.1) is 5.92 Å². The van der Waals surface area contributed by atoms with Crippen LogP contribution < -0.4 is 5.32 Å². The maximum Gasteiger partial charge on any atom is 0.269 e. The number of amides is 2. The first-order valence-corrected chi connectivity index (χ1v) is 11.3. The molecule has 1 atom stereocenters. The zero-order chi connectivity index (χ0) is 23.5. The van der Waals surface area contributed by atoms with Gasteiger partial charge in [0.2, 0.25) is 5.91 Å². The van der Waals surface area contributed by atoms with Crippen LogP contribution >= 0.6 is 0 Å². The molecule has 7 heteroatoms. The number of halogens is 1. The van der Waals surface area contributed by atoms with Gasteiger partial charge in [-0.2, -0.15) is 0 Å². The quantitative estimate of drug-likeness (QED) is 0.608. The second-order valence-electron chi connectivity index (χ2n) is 8.66. The number of carbonyl (C=O) groups excluding carboxylic acids is 2. The number of piperidine rings is 1. The van der Waals surface area contributed by atoms with Gasteiger partial charge < -0.3 is 15.2 Å². The molecule has 1 aliphatic rings. The molecule has 0 unspecified atom stereocenters. The van der Waals surface area contributed by atoms with E-state index in [2.05, 4.69) is 10.3 Å². The highest BCUT2D eigenvalue weighted by atomic mass is 19.1. The minimum absolute atomic E-state index is 0.112. The van der Waals surface area contributed by atoms with Gasteiger partial charge in [0, 0.05) is 31.6 Å². The Morgan fingerprint density at radius 2 is 1.73 bits per heavy atom. The van der Waals surface area contributed by atoms with E-state index in [4.69, 9.17) is 4.98 Å². The van der Waals surface area contributed by atoms with Crippen molar-refractivity contribution in [2.75, 3.05) is 20.1 Å². The number of benzene rings is 2. The second kappa shape index (κ2) is 9.57. The van der Waals surface area contributed by atoms with E-state index in [-0.39, 0.29) is 29.5 Å². The SMILES string of the molecule is CNC(=O)c1[nH]c(C2CCN(C(=O)[C@@H](C)c3ccc(C)cc3)CC2)nc1-c1ccc(F)cc1. The highest BCUT2D eigenvalue weighted by Crippen LogP contribution is 2.31. The summed E-state index contributed by atoms with van der Waals surface area (Å²) in [6, 6.07) is 14.1. The number of hydrogen-bond acceptors (Lipinski definition) is 3. The highest BCUT2D eigenvalue weighted by molar-refractivity contribution is 5.98. The molecule has 1 aromatic heterocycles. The van der Waals surface area contributed by atoms with Gasteiger partial charge in [-0.1, -0.05) is 29.8 Å². The van der Waals surface area contributed by atoms with Gasteiger partial charge in [0.1, 0.15) is 23.0 Å². The van der Waals surface area contributed by atoms with Crippen LogP contribution in [0.5, 0.6) is 0 Å². The summed E-state index contributed by atoms with van der Waals surface area (Å²) in [5.74, 6) is 0.180. The summed E-state index contributed by atoms with van der Waals surface area (Å²) < 4.78 is 13.4. The fourth-order valence-corrected chi connectivity index (χ4v) is 4.34. The minimum Gasteiger partial charge on any atom is -0.354 e. The molecule has 2 amide bonds. The molecule has 0 radical (unpaired) electrons. The van der Waals surface area contributed by atoms with Crippen LogP contribution in [0.4, 0.5) is 4.39 Å². The normalized spacial score (nSPS) is 15.3. The maximum absolute atomic E-state index is 13.4. The molecule has 2 heterocycles. The Bertz CT molecular complexity index is 1130. The van der Waals surface area contributed by atoms with Gasteiger partial charge in [0.15, 0.2) is 0 Å². The Hall–Kier alpha value is -3.48. The number of nitrogens with zero attached hydrogens (tertiary/aromatic N) is 2. The second-order valence-corrected chi connectivity index (χ2v) is 8.66. The van der Waals surface area contributed by atoms with E-state index in [1.807, 2.05) is 43.0 Å². The van der Waals surface area contributed by atoms with Crippen molar-refractivity contribution in [1.82, 2.24) is 20.2 Å². The molecule has 1 saturated heterocycles. The molecule has 2 aromatic carbocycles. The molecule has 0 bridgehead atoms. The van der Waals surface area contributed by atoms with Crippen LogP contribution in [0.3, 0.4) is 0 Å². The van der Waals surface area contributed by atoms with Crippen LogP contribution in [0.25, 0.3) is 11.3 Å². The predicted molar refractivity (Wildman–Crippen MR) is 126 cm³/mol. The monoisotopic (exact) mass is 448 g/mol. The van der Waals surface area contributed by atoms with Crippen molar-refractivity contribution in [3.63, 3.8) is 0 Å². The largest absolute Gasteiger partial charge is 0.354 e. The van der Waals surface area contributed by atoms with E-state index >= 15 is 0 Å². The number of carbonyl (C=O) groups is 2. The third kappa shape index (κ3) is 4.82. The topological polar surface area (TPSA) is 78.1 Å². The number of nitrogens with one attached hydrogen (secondary N) is 2. The molecular weight excluding hydrogens is 419 g/mol. The molecule has 0 spiro atoms. The lowest BCUT2D eigenvalue weighted by Crippen LogP contribution is -2.40. The van der Waals surface area contributed by atoms with Crippen molar-refractivity contribution in [2.24, 2.45) is 0 Å². The average Bonchev–Trinajstić information content (AvgIpc) is 3.29. The Labute approximate surface area is 193 Å². The molecule has 33 heavy (non-hydrogen) atoms. The summed E-state index contributed by atoms with van der Waals surface area (Å²) in [6.07, 6.45) is 1.52. The van der Waals surface area contributed by atoms with Gasteiger partial charge in [-0.15, -0.1) is 0 Å². The van der Waals surface area contributed by atoms with Crippen LogP contribution in [0.15, 0.2) is 48.5 Å². The van der Waals surface area contributed by atoms with Crippen molar-refractivity contribution in [1.29, 1.82) is 0 Å². The first-order chi connectivity index (χ1) is 15.9. The zero-order valence-electron chi connectivity index (χ0n) is 19.2. The number of imidazole rings is 1. The lowest BCUT2D eigenvalue weighted by Gasteiger charge is -2.33. The Morgan fingerprint density at radius 3 is 2.33 bits per heavy atom. The van der Waals surface area contributed by atoms with Gasteiger partial charge in [-0.25, -0.2) is 9.37 Å². The molecule has 0 saturated carbocycles. The molecule has 6 nitrogen and oxygen atoms in total. The van der Waals surface area contributed by atoms with E-state index in [0.717, 1.165) is 24.2 Å². The van der Waals surface area contributed by atoms with Gasteiger partial charge in [-0.3, -0.25) is 9.59 Å². The first-order valence-electron chi connectivity index (χ1n) is 11.3. The van der Waals surface area contributed by atoms with E-state index < -0.39 is 0 Å². The van der Waals surface area contributed by atoms with Crippen molar-refractivity contribution < 1.29 is 14.0 Å². The molecule has 0 aliphatic carbocycles. The smallest absolute Gasteiger partial charge is 0.269 e. The van der Waals surface area contributed by atoms with E-state index in [9.17, 15) is 14.0 Å². The minimum atomic E-state index is -0.340. The number of aromatic nitrogens is 2. The summed E-state index contributed by atoms with van der Waals surface area (Å²) >= 11 is 0. The number of aromatic amines is 1. The van der Waals surface area contributed by atoms with Crippen LogP contribution in [-0.4, -0.2) is 46.8 Å². The molecule has 4 rings (SSSR count). The van der Waals surface area contributed by atoms with Crippen molar-refractivity contribution in [2.45, 2.75) is 38.5 Å². The third-order valence-electron chi connectivity index (χ3n) is 6.44. The molecule has 3 aromatic rings. The molecule has 1 aliphatic heterocycles. The molecule has 1 fully saturated rings. The number of aryl methyl sites for hydroxylation is 1. The fourth-order valence-electron chi connectivity index (χ4n) is 4.34. The third-order valence-corrected chi connectivity index (χ3v) is 6.44. The van der Waals surface area contributed by atoms with Gasteiger partial charge in [-0.05, 0) is 56.5 Å². The first kappa shape index (κ1) is 22.7. The highest BCUT2D eigenvalue weighted by Gasteiger charge is 2.30. The Morgan fingerprint density at radius 1 is 1.09 bits per heavy atom. The van der Waals surface area contributed by atoms with E-state index in [0.29, 0.717) is 30.0 Å². The molecular formula is C26H29FN4O2. The summed E-state index contributed by atoms with van der Waals surface area (Å²) in [5.41, 5.74) is 3.75. The number of rotatable bonds is 5. The van der Waals surface area contributed by atoms with E-state index in [1.165, 1.54) is 17.7 Å². The lowest BCUT2D eigenvalue weighted by molar-refractivity contribution is -0.133. The van der Waals surface area contributed by atoms with Crippen LogP contribution in [0, 0.1) is 12.7 Å². The Kier molecular flexibility index (Phi) is 6.58. The maximum atomic E-state index is 13.4. The summed E-state index contributed by atoms with van der Waals surface area (Å²) in [7, 11) is 1.57. The van der Waals surface area contributed by atoms with Crippen molar-refractivity contribution in [3.8, 4) is 11.3 Å². The average molecular weight is 449 g/mol. The van der Waals surface area contributed by atoms with Crippen molar-refractivity contribution >= 4 is 11.8 Å². The summed E-state index contributed by atoms with van der Waals surface area (Å²) in [5, 5.41) is 2.64. The number of hydrogen-bond donors (Lipinski definition) is 2. The standard InChI is InChI=1S/C26H29FN4O2/c1-16-4-6-18(7-5-16)17(2)26(33)31-14-12-20(13-15-31)24-29-22(23(30-24)25(32)28-3)19-8-10-21(27)11-9-19/h4-11,17,20H,12-15H2,1-3H3,(H,28,32)(H,29,30)/t17-/m0/s1. The van der Waals surface area contributed by atoms with Crippen LogP contribution in [0.1, 0.15) is 59.0 Å². The summed E-state index contributed by atoms with van der Waals surface area (Å²) in [4.78, 5) is 35.3. The number of H-pyrrole nitrogens is 1. The van der Waals surface area contributed by atoms with Crippen LogP contribution in [-0.2, 0) is 4.79 Å². The van der Waals surface area contributed by atoms with Crippen molar-refractivity contribution in [3.05, 3.63) is 77.0 Å². The predicted octanol–water partition coefficient (Wildman–Crippen LogP) is 4.39. The van der Waals surface area contributed by atoms with Crippen LogP contribution in [0.2, 0.25) is 0 Å². The Balaban J connectivity index is 1.48. The summed E-state index contributed by atoms with van der Waals surface area (Å²) in [6.45, 7) is 5.27. The van der Waals surface area contributed by atoms with E-state index in [1.54, 1.807) is 19.2 Å². The lowest BCUT2D eigenvalue weighted by atomic mass is 9.93. The van der Waals surface area contributed by atoms with Gasteiger partial charge >= 0.3 is 0 Å². The fraction of sp³-hybridized carbons (Fsp3) is 0.346. The molecule has 172 valence electrons. The van der Waals surface area contributed by atoms with Gasteiger partial charge in [0.25, 0.3) is 5.91 Å².